The Balaban J connectivity index is 2.10. The van der Waals surface area contributed by atoms with Gasteiger partial charge in [-0.15, -0.1) is 0 Å². The Hall–Kier alpha value is -1.28. The molecular formula is C12H15NO. The van der Waals surface area contributed by atoms with E-state index in [1.165, 1.54) is 5.56 Å². The topological polar surface area (TPSA) is 31.2 Å². The zero-order valence-electron chi connectivity index (χ0n) is 8.42. The van der Waals surface area contributed by atoms with E-state index in [1.54, 1.807) is 0 Å². The Kier molecular flexibility index (Phi) is 2.55. The molecule has 0 aromatic heterocycles. The van der Waals surface area contributed by atoms with Gasteiger partial charge in [-0.3, -0.25) is 0 Å². The predicted octanol–water partition coefficient (Wildman–Crippen LogP) is 2.29. The van der Waals surface area contributed by atoms with Gasteiger partial charge in [0.15, 0.2) is 0 Å². The first-order chi connectivity index (χ1) is 6.77. The van der Waals surface area contributed by atoms with Gasteiger partial charge in [-0.05, 0) is 18.6 Å². The fourth-order valence-corrected chi connectivity index (χ4v) is 1.38. The fraction of sp³-hybridized carbons (Fsp3) is 0.333. The smallest absolute Gasteiger partial charge is 0.124 e. The highest BCUT2D eigenvalue weighted by molar-refractivity contribution is 5.38. The van der Waals surface area contributed by atoms with E-state index in [0.717, 1.165) is 17.9 Å². The molecule has 1 atom stereocenters. The first-order valence-electron chi connectivity index (χ1n) is 4.87. The summed E-state index contributed by atoms with van der Waals surface area (Å²) in [4.78, 5) is 0. The minimum absolute atomic E-state index is 0.497. The van der Waals surface area contributed by atoms with E-state index >= 15 is 0 Å². The summed E-state index contributed by atoms with van der Waals surface area (Å²) in [6.45, 7) is 7.45. The van der Waals surface area contributed by atoms with Gasteiger partial charge in [0.1, 0.15) is 12.4 Å². The Labute approximate surface area is 84.6 Å². The molecule has 0 radical (unpaired) electrons. The fourth-order valence-electron chi connectivity index (χ4n) is 1.38. The van der Waals surface area contributed by atoms with Crippen molar-refractivity contribution in [1.82, 2.24) is 5.32 Å². The zero-order chi connectivity index (χ0) is 9.97. The van der Waals surface area contributed by atoms with Crippen molar-refractivity contribution >= 4 is 0 Å². The molecule has 0 saturated carbocycles. The van der Waals surface area contributed by atoms with Crippen LogP contribution in [0.1, 0.15) is 18.5 Å². The van der Waals surface area contributed by atoms with Crippen molar-refractivity contribution in [3.05, 3.63) is 42.0 Å². The van der Waals surface area contributed by atoms with Crippen LogP contribution in [0.2, 0.25) is 0 Å². The summed E-state index contributed by atoms with van der Waals surface area (Å²) in [5, 5.41) is 3.28. The largest absolute Gasteiger partial charge is 0.489 e. The van der Waals surface area contributed by atoms with E-state index in [1.807, 2.05) is 25.1 Å². The number of para-hydroxylation sites is 1. The summed E-state index contributed by atoms with van der Waals surface area (Å²) in [7, 11) is 0. The Morgan fingerprint density at radius 1 is 1.57 bits per heavy atom. The molecule has 1 aliphatic heterocycles. The van der Waals surface area contributed by atoms with Gasteiger partial charge in [0.2, 0.25) is 0 Å². The molecule has 2 heteroatoms. The molecule has 0 spiro atoms. The summed E-state index contributed by atoms with van der Waals surface area (Å²) < 4.78 is 5.66. The molecule has 0 bridgehead atoms. The van der Waals surface area contributed by atoms with Crippen molar-refractivity contribution < 1.29 is 4.74 Å². The summed E-state index contributed by atoms with van der Waals surface area (Å²) in [5.41, 5.74) is 2.30. The Morgan fingerprint density at radius 3 is 2.93 bits per heavy atom. The molecule has 74 valence electrons. The van der Waals surface area contributed by atoms with Crippen LogP contribution in [0.5, 0.6) is 5.75 Å². The summed E-state index contributed by atoms with van der Waals surface area (Å²) in [6.07, 6.45) is 0. The van der Waals surface area contributed by atoms with Gasteiger partial charge in [-0.2, -0.15) is 0 Å². The molecule has 0 amide bonds. The van der Waals surface area contributed by atoms with E-state index in [2.05, 4.69) is 18.0 Å². The van der Waals surface area contributed by atoms with Crippen LogP contribution in [-0.4, -0.2) is 13.2 Å². The first-order valence-corrected chi connectivity index (χ1v) is 4.87. The van der Waals surface area contributed by atoms with Crippen molar-refractivity contribution in [2.45, 2.75) is 13.0 Å². The molecule has 1 fully saturated rings. The number of benzene rings is 1. The van der Waals surface area contributed by atoms with Gasteiger partial charge in [0.05, 0.1) is 0 Å². The van der Waals surface area contributed by atoms with Crippen LogP contribution < -0.4 is 10.1 Å². The quantitative estimate of drug-likeness (QED) is 0.582. The van der Waals surface area contributed by atoms with Gasteiger partial charge in [-0.1, -0.05) is 24.8 Å². The lowest BCUT2D eigenvalue weighted by Gasteiger charge is -2.09. The lowest BCUT2D eigenvalue weighted by atomic mass is 10.1. The molecule has 0 unspecified atom stereocenters. The highest BCUT2D eigenvalue weighted by atomic mass is 16.5. The second-order valence-corrected chi connectivity index (χ2v) is 3.74. The van der Waals surface area contributed by atoms with Crippen molar-refractivity contribution in [3.63, 3.8) is 0 Å². The molecular weight excluding hydrogens is 174 g/mol. The second-order valence-electron chi connectivity index (χ2n) is 3.74. The minimum atomic E-state index is 0.497. The zero-order valence-corrected chi connectivity index (χ0v) is 8.42. The van der Waals surface area contributed by atoms with Crippen LogP contribution in [0.4, 0.5) is 0 Å². The van der Waals surface area contributed by atoms with Gasteiger partial charge in [0, 0.05) is 18.2 Å². The van der Waals surface area contributed by atoms with Crippen LogP contribution in [-0.2, 0) is 0 Å². The van der Waals surface area contributed by atoms with Gasteiger partial charge in [-0.25, -0.2) is 0 Å². The number of hydrogen-bond donors (Lipinski definition) is 1. The van der Waals surface area contributed by atoms with E-state index in [-0.39, 0.29) is 0 Å². The van der Waals surface area contributed by atoms with Crippen LogP contribution in [0, 0.1) is 0 Å². The van der Waals surface area contributed by atoms with Crippen LogP contribution in [0.25, 0.3) is 0 Å². The average Bonchev–Trinajstić information content (AvgIpc) is 2.98. The van der Waals surface area contributed by atoms with E-state index in [9.17, 15) is 0 Å². The molecule has 1 aliphatic rings. The van der Waals surface area contributed by atoms with Crippen molar-refractivity contribution in [1.29, 1.82) is 0 Å². The maximum atomic E-state index is 5.66. The molecule has 1 aromatic carbocycles. The SMILES string of the molecule is C=C(C)COc1ccccc1[C@H]1CN1. The summed E-state index contributed by atoms with van der Waals surface area (Å²) >= 11 is 0. The molecule has 1 aromatic rings. The van der Waals surface area contributed by atoms with Gasteiger partial charge in [0.25, 0.3) is 0 Å². The van der Waals surface area contributed by atoms with E-state index < -0.39 is 0 Å². The van der Waals surface area contributed by atoms with Crippen LogP contribution >= 0.6 is 0 Å². The third-order valence-electron chi connectivity index (χ3n) is 2.18. The number of rotatable bonds is 4. The molecule has 2 nitrogen and oxygen atoms in total. The minimum Gasteiger partial charge on any atom is -0.489 e. The molecule has 1 saturated heterocycles. The monoisotopic (exact) mass is 189 g/mol. The maximum absolute atomic E-state index is 5.66. The van der Waals surface area contributed by atoms with Crippen LogP contribution in [0.15, 0.2) is 36.4 Å². The van der Waals surface area contributed by atoms with E-state index in [0.29, 0.717) is 12.6 Å². The van der Waals surface area contributed by atoms with Gasteiger partial charge >= 0.3 is 0 Å². The number of hydrogen-bond acceptors (Lipinski definition) is 2. The molecule has 14 heavy (non-hydrogen) atoms. The van der Waals surface area contributed by atoms with Crippen molar-refractivity contribution in [2.75, 3.05) is 13.2 Å². The van der Waals surface area contributed by atoms with Crippen molar-refractivity contribution in [3.8, 4) is 5.75 Å². The molecule has 1 N–H and O–H groups in total. The third-order valence-corrected chi connectivity index (χ3v) is 2.18. The molecule has 2 rings (SSSR count). The standard InChI is InChI=1S/C12H15NO/c1-9(2)8-14-12-6-4-3-5-10(12)11-7-13-11/h3-6,11,13H,1,7-8H2,2H3/t11-/m1/s1. The molecule has 0 aliphatic carbocycles. The normalized spacial score (nSPS) is 19.1. The predicted molar refractivity (Wildman–Crippen MR) is 57.5 cm³/mol. The van der Waals surface area contributed by atoms with Gasteiger partial charge < -0.3 is 10.1 Å². The summed E-state index contributed by atoms with van der Waals surface area (Å²) in [6, 6.07) is 8.66. The Morgan fingerprint density at radius 2 is 2.29 bits per heavy atom. The highest BCUT2D eigenvalue weighted by Gasteiger charge is 2.25. The van der Waals surface area contributed by atoms with E-state index in [4.69, 9.17) is 4.74 Å². The lowest BCUT2D eigenvalue weighted by molar-refractivity contribution is 0.349. The average molecular weight is 189 g/mol. The van der Waals surface area contributed by atoms with Crippen molar-refractivity contribution in [2.24, 2.45) is 0 Å². The highest BCUT2D eigenvalue weighted by Crippen LogP contribution is 2.30. The second kappa shape index (κ2) is 3.84. The maximum Gasteiger partial charge on any atom is 0.124 e. The summed E-state index contributed by atoms with van der Waals surface area (Å²) in [5.74, 6) is 0.977. The number of nitrogens with one attached hydrogen (secondary N) is 1. The third kappa shape index (κ3) is 2.15. The van der Waals surface area contributed by atoms with Crippen LogP contribution in [0.3, 0.4) is 0 Å². The Bertz CT molecular complexity index is 342. The molecule has 1 heterocycles. The number of ether oxygens (including phenoxy) is 1. The lowest BCUT2D eigenvalue weighted by Crippen LogP contribution is -2.00. The first kappa shape index (κ1) is 9.28.